The average molecular weight is 387 g/mol. The summed E-state index contributed by atoms with van der Waals surface area (Å²) in [4.78, 5) is 0. The van der Waals surface area contributed by atoms with Crippen molar-refractivity contribution < 1.29 is 14.6 Å². The molecule has 0 aliphatic carbocycles. The highest BCUT2D eigenvalue weighted by Crippen LogP contribution is 2.29. The molecule has 0 bridgehead atoms. The summed E-state index contributed by atoms with van der Waals surface area (Å²) >= 11 is 0. The molecule has 0 aromatic heterocycles. The van der Waals surface area contributed by atoms with E-state index in [-0.39, 0.29) is 24.9 Å². The molecule has 0 radical (unpaired) electrons. The number of unbranched alkanes of at least 4 members (excludes halogenated alkanes) is 2. The van der Waals surface area contributed by atoms with E-state index in [0.717, 1.165) is 55.2 Å². The van der Waals surface area contributed by atoms with Crippen molar-refractivity contribution in [1.82, 2.24) is 0 Å². The summed E-state index contributed by atoms with van der Waals surface area (Å²) in [5.74, 6) is -0.167. The van der Waals surface area contributed by atoms with Gasteiger partial charge in [-0.2, -0.15) is 0 Å². The van der Waals surface area contributed by atoms with Crippen LogP contribution in [0, 0.1) is 11.7 Å². The van der Waals surface area contributed by atoms with Crippen LogP contribution in [0.3, 0.4) is 0 Å². The van der Waals surface area contributed by atoms with Gasteiger partial charge in [0.05, 0.1) is 0 Å². The van der Waals surface area contributed by atoms with E-state index < -0.39 is 0 Å². The summed E-state index contributed by atoms with van der Waals surface area (Å²) in [5, 5.41) is 18.4. The Morgan fingerprint density at radius 1 is 0.821 bits per heavy atom. The molecular formula is C25H35FO2. The SMILES string of the molecule is CCCCCc1ccc(-c2ccc(CCCC(CO)CO)cc2CC)c(F)c1. The van der Waals surface area contributed by atoms with Gasteiger partial charge in [0.15, 0.2) is 0 Å². The lowest BCUT2D eigenvalue weighted by Gasteiger charge is -2.14. The van der Waals surface area contributed by atoms with Crippen LogP contribution in [0.25, 0.3) is 11.1 Å². The first-order valence-corrected chi connectivity index (χ1v) is 10.7. The van der Waals surface area contributed by atoms with E-state index in [4.69, 9.17) is 0 Å². The van der Waals surface area contributed by atoms with Crippen LogP contribution in [0.1, 0.15) is 62.6 Å². The van der Waals surface area contributed by atoms with Gasteiger partial charge in [-0.3, -0.25) is 0 Å². The quantitative estimate of drug-likeness (QED) is 0.459. The highest BCUT2D eigenvalue weighted by Gasteiger charge is 2.11. The van der Waals surface area contributed by atoms with Gasteiger partial charge in [-0.25, -0.2) is 4.39 Å². The molecule has 2 rings (SSSR count). The second-order valence-corrected chi connectivity index (χ2v) is 7.74. The van der Waals surface area contributed by atoms with Gasteiger partial charge in [-0.15, -0.1) is 0 Å². The molecule has 0 atom stereocenters. The van der Waals surface area contributed by atoms with Crippen molar-refractivity contribution in [3.63, 3.8) is 0 Å². The fourth-order valence-electron chi connectivity index (χ4n) is 3.70. The number of hydrogen-bond acceptors (Lipinski definition) is 2. The van der Waals surface area contributed by atoms with Crippen molar-refractivity contribution in [1.29, 1.82) is 0 Å². The Morgan fingerprint density at radius 3 is 2.07 bits per heavy atom. The smallest absolute Gasteiger partial charge is 0.131 e. The van der Waals surface area contributed by atoms with Gasteiger partial charge in [0, 0.05) is 24.7 Å². The Bertz CT molecular complexity index is 722. The molecule has 0 amide bonds. The van der Waals surface area contributed by atoms with Crippen molar-refractivity contribution in [2.75, 3.05) is 13.2 Å². The summed E-state index contributed by atoms with van der Waals surface area (Å²) in [5.41, 5.74) is 5.13. The maximum Gasteiger partial charge on any atom is 0.131 e. The summed E-state index contributed by atoms with van der Waals surface area (Å²) in [6.45, 7) is 4.34. The number of hydrogen-bond donors (Lipinski definition) is 2. The van der Waals surface area contributed by atoms with Crippen molar-refractivity contribution >= 4 is 0 Å². The number of halogens is 1. The summed E-state index contributed by atoms with van der Waals surface area (Å²) in [6, 6.07) is 12.0. The molecule has 28 heavy (non-hydrogen) atoms. The zero-order chi connectivity index (χ0) is 20.4. The summed E-state index contributed by atoms with van der Waals surface area (Å²) in [6.07, 6.45) is 7.90. The fourth-order valence-corrected chi connectivity index (χ4v) is 3.70. The van der Waals surface area contributed by atoms with E-state index in [1.165, 1.54) is 18.4 Å². The van der Waals surface area contributed by atoms with Gasteiger partial charge in [-0.05, 0) is 66.8 Å². The van der Waals surface area contributed by atoms with Crippen LogP contribution in [0.5, 0.6) is 0 Å². The predicted octanol–water partition coefficient (Wildman–Crippen LogP) is 5.71. The predicted molar refractivity (Wildman–Crippen MR) is 115 cm³/mol. The lowest BCUT2D eigenvalue weighted by atomic mass is 9.92. The number of aliphatic hydroxyl groups is 2. The third kappa shape index (κ3) is 6.42. The largest absolute Gasteiger partial charge is 0.396 e. The second kappa shape index (κ2) is 12.0. The Morgan fingerprint density at radius 2 is 1.46 bits per heavy atom. The van der Waals surface area contributed by atoms with Gasteiger partial charge in [0.1, 0.15) is 5.82 Å². The maximum absolute atomic E-state index is 14.8. The molecule has 0 fully saturated rings. The standard InChI is InChI=1S/C25H35FO2/c1-3-5-6-8-20-12-14-24(25(26)16-20)23-13-11-19(15-22(23)4-2)9-7-10-21(17-27)18-28/h11-16,21,27-28H,3-10,17-18H2,1-2H3. The molecular weight excluding hydrogens is 351 g/mol. The van der Waals surface area contributed by atoms with Gasteiger partial charge < -0.3 is 10.2 Å². The van der Waals surface area contributed by atoms with Crippen LogP contribution in [0.4, 0.5) is 4.39 Å². The van der Waals surface area contributed by atoms with E-state index in [1.807, 2.05) is 12.1 Å². The third-order valence-electron chi connectivity index (χ3n) is 5.54. The van der Waals surface area contributed by atoms with E-state index in [0.29, 0.717) is 5.56 Å². The van der Waals surface area contributed by atoms with Gasteiger partial charge in [0.25, 0.3) is 0 Å². The van der Waals surface area contributed by atoms with E-state index >= 15 is 0 Å². The zero-order valence-electron chi connectivity index (χ0n) is 17.4. The summed E-state index contributed by atoms with van der Waals surface area (Å²) < 4.78 is 14.8. The highest BCUT2D eigenvalue weighted by molar-refractivity contribution is 5.69. The Balaban J connectivity index is 2.11. The fraction of sp³-hybridized carbons (Fsp3) is 0.520. The minimum Gasteiger partial charge on any atom is -0.396 e. The first-order chi connectivity index (χ1) is 13.6. The first-order valence-electron chi connectivity index (χ1n) is 10.7. The number of rotatable bonds is 12. The minimum atomic E-state index is -0.134. The molecule has 154 valence electrons. The average Bonchev–Trinajstić information content (AvgIpc) is 2.71. The molecule has 0 spiro atoms. The molecule has 2 N–H and O–H groups in total. The Labute approximate surface area is 169 Å². The van der Waals surface area contributed by atoms with Crippen LogP contribution in [-0.2, 0) is 19.3 Å². The minimum absolute atomic E-state index is 0.0311. The molecule has 0 saturated heterocycles. The van der Waals surface area contributed by atoms with Crippen molar-refractivity contribution in [3.05, 3.63) is 58.9 Å². The first kappa shape index (κ1) is 22.6. The van der Waals surface area contributed by atoms with Crippen LogP contribution < -0.4 is 0 Å². The number of benzene rings is 2. The third-order valence-corrected chi connectivity index (χ3v) is 5.54. The van der Waals surface area contributed by atoms with Crippen LogP contribution >= 0.6 is 0 Å². The molecule has 0 saturated carbocycles. The highest BCUT2D eigenvalue weighted by atomic mass is 19.1. The van der Waals surface area contributed by atoms with Crippen LogP contribution in [-0.4, -0.2) is 23.4 Å². The monoisotopic (exact) mass is 386 g/mol. The van der Waals surface area contributed by atoms with E-state index in [2.05, 4.69) is 32.0 Å². The Kier molecular flexibility index (Phi) is 9.66. The number of aliphatic hydroxyl groups excluding tert-OH is 2. The van der Waals surface area contributed by atoms with Gasteiger partial charge in [-0.1, -0.05) is 57.0 Å². The van der Waals surface area contributed by atoms with Crippen LogP contribution in [0.2, 0.25) is 0 Å². The van der Waals surface area contributed by atoms with Crippen molar-refractivity contribution in [2.24, 2.45) is 5.92 Å². The topological polar surface area (TPSA) is 40.5 Å². The molecule has 0 unspecified atom stereocenters. The maximum atomic E-state index is 14.8. The van der Waals surface area contributed by atoms with Gasteiger partial charge >= 0.3 is 0 Å². The van der Waals surface area contributed by atoms with Crippen molar-refractivity contribution in [2.45, 2.75) is 65.2 Å². The van der Waals surface area contributed by atoms with E-state index in [1.54, 1.807) is 6.07 Å². The molecule has 2 aromatic rings. The Hall–Kier alpha value is -1.71. The molecule has 0 heterocycles. The van der Waals surface area contributed by atoms with Crippen LogP contribution in [0.15, 0.2) is 36.4 Å². The normalized spacial score (nSPS) is 11.4. The zero-order valence-corrected chi connectivity index (χ0v) is 17.4. The van der Waals surface area contributed by atoms with Gasteiger partial charge in [0.2, 0.25) is 0 Å². The lowest BCUT2D eigenvalue weighted by molar-refractivity contribution is 0.142. The molecule has 2 aromatic carbocycles. The van der Waals surface area contributed by atoms with E-state index in [9.17, 15) is 14.6 Å². The lowest BCUT2D eigenvalue weighted by Crippen LogP contribution is -2.11. The molecule has 2 nitrogen and oxygen atoms in total. The molecule has 0 aliphatic heterocycles. The van der Waals surface area contributed by atoms with Crippen molar-refractivity contribution in [3.8, 4) is 11.1 Å². The summed E-state index contributed by atoms with van der Waals surface area (Å²) in [7, 11) is 0. The molecule has 3 heteroatoms. The molecule has 0 aliphatic rings. The number of aryl methyl sites for hydroxylation is 3. The second-order valence-electron chi connectivity index (χ2n) is 7.74.